The van der Waals surface area contributed by atoms with Crippen molar-refractivity contribution in [3.8, 4) is 0 Å². The Kier molecular flexibility index (Phi) is 10.4. The average Bonchev–Trinajstić information content (AvgIpc) is 2.60. The SMILES string of the molecule is O=C(O)c1cc(C(=O)O)c(CCOCOCO)cc1CCOCOCO. The molecule has 1 rings (SSSR count). The molecule has 0 saturated heterocycles. The van der Waals surface area contributed by atoms with Gasteiger partial charge in [-0.15, -0.1) is 0 Å². The van der Waals surface area contributed by atoms with Crippen molar-refractivity contribution in [3.63, 3.8) is 0 Å². The zero-order chi connectivity index (χ0) is 19.4. The molecule has 26 heavy (non-hydrogen) atoms. The van der Waals surface area contributed by atoms with E-state index in [2.05, 4.69) is 9.47 Å². The number of rotatable bonds is 14. The number of carboxylic acids is 2. The van der Waals surface area contributed by atoms with Gasteiger partial charge in [-0.3, -0.25) is 0 Å². The van der Waals surface area contributed by atoms with Crippen LogP contribution in [0.25, 0.3) is 0 Å². The van der Waals surface area contributed by atoms with E-state index in [4.69, 9.17) is 19.7 Å². The van der Waals surface area contributed by atoms with Gasteiger partial charge in [0.25, 0.3) is 0 Å². The van der Waals surface area contributed by atoms with Crippen LogP contribution in [-0.2, 0) is 31.8 Å². The highest BCUT2D eigenvalue weighted by Crippen LogP contribution is 2.20. The largest absolute Gasteiger partial charge is 0.478 e. The Hall–Kier alpha value is -2.08. The minimum atomic E-state index is -1.24. The Balaban J connectivity index is 2.89. The van der Waals surface area contributed by atoms with Gasteiger partial charge >= 0.3 is 11.9 Å². The molecule has 0 aliphatic carbocycles. The molecule has 0 aliphatic heterocycles. The lowest BCUT2D eigenvalue weighted by atomic mass is 9.95. The molecule has 146 valence electrons. The third-order valence-corrected chi connectivity index (χ3v) is 3.34. The van der Waals surface area contributed by atoms with Crippen LogP contribution in [0.3, 0.4) is 0 Å². The van der Waals surface area contributed by atoms with Crippen molar-refractivity contribution in [2.75, 3.05) is 40.4 Å². The molecule has 0 saturated carbocycles. The second-order valence-corrected chi connectivity index (χ2v) is 5.00. The van der Waals surface area contributed by atoms with E-state index in [9.17, 15) is 19.8 Å². The molecule has 0 spiro atoms. The Morgan fingerprint density at radius 3 is 1.50 bits per heavy atom. The first-order valence-electron chi connectivity index (χ1n) is 7.66. The molecule has 0 aromatic heterocycles. The Labute approximate surface area is 149 Å². The highest BCUT2D eigenvalue weighted by atomic mass is 16.7. The Morgan fingerprint density at radius 2 is 1.15 bits per heavy atom. The predicted octanol–water partition coefficient (Wildman–Crippen LogP) is 0.0490. The number of ether oxygens (including phenoxy) is 4. The van der Waals surface area contributed by atoms with Crippen molar-refractivity contribution in [2.24, 2.45) is 0 Å². The number of aliphatic hydroxyl groups excluding tert-OH is 2. The van der Waals surface area contributed by atoms with Crippen LogP contribution >= 0.6 is 0 Å². The topological polar surface area (TPSA) is 152 Å². The maximum atomic E-state index is 11.4. The van der Waals surface area contributed by atoms with E-state index in [1.807, 2.05) is 0 Å². The van der Waals surface area contributed by atoms with E-state index in [-0.39, 0.29) is 50.8 Å². The predicted molar refractivity (Wildman–Crippen MR) is 85.7 cm³/mol. The van der Waals surface area contributed by atoms with Gasteiger partial charge in [-0.25, -0.2) is 9.59 Å². The number of hydrogen-bond donors (Lipinski definition) is 4. The molecule has 0 amide bonds. The summed E-state index contributed by atoms with van der Waals surface area (Å²) in [5.74, 6) is -2.48. The van der Waals surface area contributed by atoms with Crippen LogP contribution in [0.5, 0.6) is 0 Å². The molecule has 0 fully saturated rings. The van der Waals surface area contributed by atoms with Crippen LogP contribution in [0.4, 0.5) is 0 Å². The molecular weight excluding hydrogens is 352 g/mol. The fourth-order valence-corrected chi connectivity index (χ4v) is 2.18. The highest BCUT2D eigenvalue weighted by molar-refractivity contribution is 5.96. The summed E-state index contributed by atoms with van der Waals surface area (Å²) in [6.07, 6.45) is 0.440. The molecule has 0 unspecified atom stereocenters. The maximum absolute atomic E-state index is 11.4. The van der Waals surface area contributed by atoms with Gasteiger partial charge < -0.3 is 39.4 Å². The lowest BCUT2D eigenvalue weighted by Crippen LogP contribution is -2.14. The normalized spacial score (nSPS) is 10.8. The van der Waals surface area contributed by atoms with Gasteiger partial charge in [0.2, 0.25) is 0 Å². The first kappa shape index (κ1) is 22.0. The van der Waals surface area contributed by atoms with Crippen molar-refractivity contribution >= 4 is 11.9 Å². The molecule has 0 atom stereocenters. The molecule has 0 radical (unpaired) electrons. The minimum Gasteiger partial charge on any atom is -0.478 e. The van der Waals surface area contributed by atoms with Crippen molar-refractivity contribution in [1.29, 1.82) is 0 Å². The maximum Gasteiger partial charge on any atom is 0.335 e. The summed E-state index contributed by atoms with van der Waals surface area (Å²) in [5, 5.41) is 35.6. The summed E-state index contributed by atoms with van der Waals surface area (Å²) in [5.41, 5.74) is 0.575. The Bertz CT molecular complexity index is 539. The van der Waals surface area contributed by atoms with Gasteiger partial charge in [0, 0.05) is 0 Å². The van der Waals surface area contributed by atoms with Gasteiger partial charge in [0.15, 0.2) is 0 Å². The second kappa shape index (κ2) is 12.3. The fourth-order valence-electron chi connectivity index (χ4n) is 2.18. The van der Waals surface area contributed by atoms with Crippen LogP contribution in [0.1, 0.15) is 31.8 Å². The summed E-state index contributed by atoms with van der Waals surface area (Å²) in [4.78, 5) is 22.8. The molecule has 1 aromatic rings. The van der Waals surface area contributed by atoms with Crippen molar-refractivity contribution in [1.82, 2.24) is 0 Å². The summed E-state index contributed by atoms with van der Waals surface area (Å²) < 4.78 is 19.4. The third-order valence-electron chi connectivity index (χ3n) is 3.34. The second-order valence-electron chi connectivity index (χ2n) is 5.00. The molecule has 0 bridgehead atoms. The number of benzene rings is 1. The van der Waals surface area contributed by atoms with Crippen LogP contribution in [0.15, 0.2) is 12.1 Å². The van der Waals surface area contributed by atoms with Gasteiger partial charge in [-0.1, -0.05) is 6.07 Å². The van der Waals surface area contributed by atoms with Crippen molar-refractivity contribution in [2.45, 2.75) is 12.8 Å². The molecule has 4 N–H and O–H groups in total. The number of carboxylic acid groups (broad SMARTS) is 2. The highest BCUT2D eigenvalue weighted by Gasteiger charge is 2.18. The van der Waals surface area contributed by atoms with Crippen molar-refractivity contribution < 1.29 is 49.0 Å². The van der Waals surface area contributed by atoms with E-state index in [0.29, 0.717) is 11.1 Å². The first-order chi connectivity index (χ1) is 12.5. The number of aromatic carboxylic acids is 2. The van der Waals surface area contributed by atoms with Gasteiger partial charge in [0.05, 0.1) is 24.3 Å². The molecule has 0 aliphatic rings. The molecular formula is C16H22O10. The van der Waals surface area contributed by atoms with Crippen LogP contribution in [0, 0.1) is 0 Å². The lowest BCUT2D eigenvalue weighted by molar-refractivity contribution is -0.107. The monoisotopic (exact) mass is 374 g/mol. The molecule has 1 aromatic carbocycles. The fraction of sp³-hybridized carbons (Fsp3) is 0.500. The first-order valence-corrected chi connectivity index (χ1v) is 7.66. The van der Waals surface area contributed by atoms with E-state index < -0.39 is 25.5 Å². The number of aliphatic hydroxyl groups is 2. The van der Waals surface area contributed by atoms with E-state index in [0.717, 1.165) is 6.07 Å². The van der Waals surface area contributed by atoms with Gasteiger partial charge in [-0.2, -0.15) is 0 Å². The molecule has 0 heterocycles. The van der Waals surface area contributed by atoms with E-state index in [1.54, 1.807) is 0 Å². The minimum absolute atomic E-state index is 0.123. The quantitative estimate of drug-likeness (QED) is 0.259. The lowest BCUT2D eigenvalue weighted by Gasteiger charge is -2.13. The molecule has 10 heteroatoms. The van der Waals surface area contributed by atoms with Crippen LogP contribution < -0.4 is 0 Å². The van der Waals surface area contributed by atoms with E-state index >= 15 is 0 Å². The smallest absolute Gasteiger partial charge is 0.335 e. The summed E-state index contributed by atoms with van der Waals surface area (Å²) in [6.45, 7) is -0.995. The van der Waals surface area contributed by atoms with Crippen LogP contribution in [-0.4, -0.2) is 72.8 Å². The standard InChI is InChI=1S/C16H22O10/c17-7-25-9-23-3-1-11-5-12(2-4-24-10-26-8-18)14(16(21)22)6-13(11)15(19)20/h5-6,17-18H,1-4,7-10H2,(H,19,20)(H,21,22). The van der Waals surface area contributed by atoms with Crippen LogP contribution in [0.2, 0.25) is 0 Å². The third kappa shape index (κ3) is 7.44. The van der Waals surface area contributed by atoms with Crippen molar-refractivity contribution in [3.05, 3.63) is 34.4 Å². The number of carbonyl (C=O) groups is 2. The number of hydrogen-bond acceptors (Lipinski definition) is 8. The van der Waals surface area contributed by atoms with E-state index in [1.165, 1.54) is 6.07 Å². The Morgan fingerprint density at radius 1 is 0.731 bits per heavy atom. The zero-order valence-corrected chi connectivity index (χ0v) is 14.0. The summed E-state index contributed by atoms with van der Waals surface area (Å²) in [6, 6.07) is 2.61. The van der Waals surface area contributed by atoms with Gasteiger partial charge in [0.1, 0.15) is 27.2 Å². The summed E-state index contributed by atoms with van der Waals surface area (Å²) in [7, 11) is 0. The van der Waals surface area contributed by atoms with Gasteiger partial charge in [-0.05, 0) is 30.0 Å². The summed E-state index contributed by atoms with van der Waals surface area (Å²) >= 11 is 0. The zero-order valence-electron chi connectivity index (χ0n) is 14.0. The average molecular weight is 374 g/mol. The molecule has 10 nitrogen and oxygen atoms in total.